The fourth-order valence-electron chi connectivity index (χ4n) is 3.47. The van der Waals surface area contributed by atoms with Crippen LogP contribution in [0, 0.1) is 0 Å². The van der Waals surface area contributed by atoms with E-state index < -0.39 is 5.97 Å². The van der Waals surface area contributed by atoms with Gasteiger partial charge in [0.2, 0.25) is 0 Å². The third-order valence-corrected chi connectivity index (χ3v) is 5.32. The Bertz CT molecular complexity index is 380. The second-order valence-corrected chi connectivity index (χ2v) is 8.28. The molecule has 0 aliphatic heterocycles. The van der Waals surface area contributed by atoms with E-state index in [4.69, 9.17) is 0 Å². The average molecular weight is 446 g/mol. The first-order valence-electron chi connectivity index (χ1n) is 12.4. The number of nitrogens with zero attached hydrogens (tertiary/aromatic N) is 1. The molecule has 0 aliphatic carbocycles. The SMILES string of the molecule is CCCC/C=C/CCCCCCN(CCCCCC/C=C/CCCC)CC(=O)[O-].[K+]. The monoisotopic (exact) mass is 445 g/mol. The van der Waals surface area contributed by atoms with Crippen LogP contribution < -0.4 is 56.5 Å². The number of carbonyl (C=O) groups excluding carboxylic acids is 1. The van der Waals surface area contributed by atoms with Gasteiger partial charge in [0.25, 0.3) is 0 Å². The molecular formula is C26H48KNO2. The van der Waals surface area contributed by atoms with Crippen molar-refractivity contribution in [2.45, 2.75) is 117 Å². The minimum atomic E-state index is -0.945. The number of hydrogen-bond donors (Lipinski definition) is 0. The molecule has 0 fully saturated rings. The number of carboxylic acid groups (broad SMARTS) is 1. The number of allylic oxidation sites excluding steroid dienone is 4. The van der Waals surface area contributed by atoms with Crippen molar-refractivity contribution in [1.82, 2.24) is 4.90 Å². The van der Waals surface area contributed by atoms with Gasteiger partial charge in [-0.05, 0) is 64.5 Å². The largest absolute Gasteiger partial charge is 1.00 e. The first-order chi connectivity index (χ1) is 14.2. The third-order valence-electron chi connectivity index (χ3n) is 5.32. The molecule has 0 aromatic carbocycles. The molecule has 0 aromatic heterocycles. The van der Waals surface area contributed by atoms with E-state index in [1.54, 1.807) is 0 Å². The fraction of sp³-hybridized carbons (Fsp3) is 0.808. The van der Waals surface area contributed by atoms with Gasteiger partial charge < -0.3 is 9.90 Å². The van der Waals surface area contributed by atoms with Crippen molar-refractivity contribution in [3.8, 4) is 0 Å². The summed E-state index contributed by atoms with van der Waals surface area (Å²) in [5.74, 6) is -0.945. The Hall–Kier alpha value is 0.546. The van der Waals surface area contributed by atoms with Crippen LogP contribution in [0.2, 0.25) is 0 Å². The van der Waals surface area contributed by atoms with E-state index >= 15 is 0 Å². The van der Waals surface area contributed by atoms with Gasteiger partial charge in [0.1, 0.15) is 0 Å². The minimum Gasteiger partial charge on any atom is -0.549 e. The number of rotatable bonds is 22. The van der Waals surface area contributed by atoms with Crippen LogP contribution in [-0.4, -0.2) is 30.5 Å². The second kappa shape index (κ2) is 27.6. The smallest absolute Gasteiger partial charge is 0.549 e. The molecule has 4 heteroatoms. The molecule has 0 saturated carbocycles. The van der Waals surface area contributed by atoms with Crippen molar-refractivity contribution in [1.29, 1.82) is 0 Å². The van der Waals surface area contributed by atoms with E-state index in [0.29, 0.717) is 0 Å². The molecule has 3 nitrogen and oxygen atoms in total. The van der Waals surface area contributed by atoms with E-state index in [-0.39, 0.29) is 57.9 Å². The quantitative estimate of drug-likeness (QED) is 0.146. The normalized spacial score (nSPS) is 11.6. The molecule has 0 spiro atoms. The van der Waals surface area contributed by atoms with Crippen molar-refractivity contribution in [2.24, 2.45) is 0 Å². The predicted molar refractivity (Wildman–Crippen MR) is 125 cm³/mol. The third kappa shape index (κ3) is 26.6. The molecule has 0 amide bonds. The van der Waals surface area contributed by atoms with Gasteiger partial charge in [-0.3, -0.25) is 4.90 Å². The zero-order chi connectivity index (χ0) is 21.4. The fourth-order valence-corrected chi connectivity index (χ4v) is 3.47. The van der Waals surface area contributed by atoms with Crippen molar-refractivity contribution in [3.63, 3.8) is 0 Å². The summed E-state index contributed by atoms with van der Waals surface area (Å²) in [4.78, 5) is 13.1. The predicted octanol–water partition coefficient (Wildman–Crippen LogP) is 3.44. The minimum absolute atomic E-state index is 0. The Morgan fingerprint density at radius 1 is 0.633 bits per heavy atom. The Labute approximate surface area is 230 Å². The Balaban J connectivity index is 0. The summed E-state index contributed by atoms with van der Waals surface area (Å²) in [5, 5.41) is 11.0. The van der Waals surface area contributed by atoms with Gasteiger partial charge in [0.15, 0.2) is 0 Å². The second-order valence-electron chi connectivity index (χ2n) is 8.28. The number of carbonyl (C=O) groups is 1. The molecule has 0 N–H and O–H groups in total. The standard InChI is InChI=1S/C26H49NO2.K/c1-3-5-7-9-11-13-15-17-19-21-23-27(25-26(28)29)24-22-20-18-16-14-12-10-8-6-4-2;/h9-12H,3-8,13-25H2,1-2H3,(H,28,29);/q;+1/p-1/b11-9+,12-10+;. The molecule has 0 atom stereocenters. The molecule has 0 unspecified atom stereocenters. The average Bonchev–Trinajstić information content (AvgIpc) is 2.70. The summed E-state index contributed by atoms with van der Waals surface area (Å²) in [6, 6.07) is 0. The van der Waals surface area contributed by atoms with E-state index in [2.05, 4.69) is 43.1 Å². The maximum absolute atomic E-state index is 11.0. The molecule has 0 bridgehead atoms. The molecule has 0 aromatic rings. The van der Waals surface area contributed by atoms with Gasteiger partial charge in [-0.15, -0.1) is 0 Å². The summed E-state index contributed by atoms with van der Waals surface area (Å²) < 4.78 is 0. The maximum Gasteiger partial charge on any atom is 1.00 e. The molecule has 0 aliphatic rings. The summed E-state index contributed by atoms with van der Waals surface area (Å²) in [6.45, 7) is 6.32. The Morgan fingerprint density at radius 2 is 1.00 bits per heavy atom. The van der Waals surface area contributed by atoms with Gasteiger partial charge in [-0.2, -0.15) is 0 Å². The van der Waals surface area contributed by atoms with Crippen molar-refractivity contribution >= 4 is 5.97 Å². The van der Waals surface area contributed by atoms with Gasteiger partial charge in [0, 0.05) is 6.54 Å². The molecule has 170 valence electrons. The topological polar surface area (TPSA) is 43.4 Å². The number of aliphatic carboxylic acids is 1. The van der Waals surface area contributed by atoms with Crippen LogP contribution in [0.25, 0.3) is 0 Å². The van der Waals surface area contributed by atoms with Crippen LogP contribution in [0.15, 0.2) is 24.3 Å². The number of unbranched alkanes of at least 4 members (excludes halogenated alkanes) is 12. The van der Waals surface area contributed by atoms with Crippen LogP contribution in [0.5, 0.6) is 0 Å². The van der Waals surface area contributed by atoms with Crippen molar-refractivity contribution in [2.75, 3.05) is 19.6 Å². The first-order valence-corrected chi connectivity index (χ1v) is 12.4. The van der Waals surface area contributed by atoms with E-state index in [9.17, 15) is 9.90 Å². The summed E-state index contributed by atoms with van der Waals surface area (Å²) >= 11 is 0. The molecule has 30 heavy (non-hydrogen) atoms. The van der Waals surface area contributed by atoms with Gasteiger partial charge in [-0.1, -0.05) is 89.5 Å². The molecule has 0 rings (SSSR count). The Kier molecular flexibility index (Phi) is 30.1. The zero-order valence-electron chi connectivity index (χ0n) is 20.5. The summed E-state index contributed by atoms with van der Waals surface area (Å²) in [6.07, 6.45) is 28.7. The zero-order valence-corrected chi connectivity index (χ0v) is 23.6. The van der Waals surface area contributed by atoms with E-state index in [0.717, 1.165) is 25.9 Å². The van der Waals surface area contributed by atoms with Crippen molar-refractivity contribution in [3.05, 3.63) is 24.3 Å². The molecule has 0 saturated heterocycles. The van der Waals surface area contributed by atoms with Crippen LogP contribution in [0.1, 0.15) is 117 Å². The van der Waals surface area contributed by atoms with E-state index in [1.807, 2.05) is 0 Å². The van der Waals surface area contributed by atoms with Crippen LogP contribution in [0.4, 0.5) is 0 Å². The van der Waals surface area contributed by atoms with Crippen LogP contribution >= 0.6 is 0 Å². The molecular weight excluding hydrogens is 397 g/mol. The van der Waals surface area contributed by atoms with Gasteiger partial charge in [0.05, 0.1) is 5.97 Å². The number of carboxylic acids is 1. The van der Waals surface area contributed by atoms with Crippen LogP contribution in [0.3, 0.4) is 0 Å². The van der Waals surface area contributed by atoms with Crippen molar-refractivity contribution < 1.29 is 61.3 Å². The van der Waals surface area contributed by atoms with Gasteiger partial charge >= 0.3 is 51.4 Å². The van der Waals surface area contributed by atoms with Gasteiger partial charge in [-0.25, -0.2) is 0 Å². The van der Waals surface area contributed by atoms with E-state index in [1.165, 1.54) is 89.9 Å². The van der Waals surface area contributed by atoms with Crippen LogP contribution in [-0.2, 0) is 4.79 Å². The Morgan fingerprint density at radius 3 is 1.37 bits per heavy atom. The number of hydrogen-bond acceptors (Lipinski definition) is 3. The summed E-state index contributed by atoms with van der Waals surface area (Å²) in [5.41, 5.74) is 0. The molecule has 0 heterocycles. The first kappa shape index (κ1) is 32.7. The summed E-state index contributed by atoms with van der Waals surface area (Å²) in [7, 11) is 0. The maximum atomic E-state index is 11.0. The molecule has 0 radical (unpaired) electrons.